The molecule has 0 radical (unpaired) electrons. The normalized spacial score (nSPS) is 16.7. The highest BCUT2D eigenvalue weighted by Crippen LogP contribution is 2.42. The Balaban J connectivity index is 1.64. The molecule has 146 valence electrons. The first-order valence-corrected chi connectivity index (χ1v) is 10.8. The molecule has 0 spiro atoms. The van der Waals surface area contributed by atoms with Crippen molar-refractivity contribution in [1.82, 2.24) is 15.1 Å². The first-order valence-electron chi connectivity index (χ1n) is 9.96. The maximum atomic E-state index is 5.92. The summed E-state index contributed by atoms with van der Waals surface area (Å²) >= 11 is 1.76. The van der Waals surface area contributed by atoms with Gasteiger partial charge in [-0.15, -0.1) is 11.3 Å². The van der Waals surface area contributed by atoms with Crippen LogP contribution in [0, 0.1) is 0 Å². The minimum atomic E-state index is 0.286. The largest absolute Gasteiger partial charge is 0.496 e. The van der Waals surface area contributed by atoms with Gasteiger partial charge in [0, 0.05) is 46.4 Å². The van der Waals surface area contributed by atoms with Gasteiger partial charge in [0.15, 0.2) is 0 Å². The lowest BCUT2D eigenvalue weighted by Gasteiger charge is -2.35. The van der Waals surface area contributed by atoms with Crippen LogP contribution in [0.2, 0.25) is 0 Å². The fourth-order valence-electron chi connectivity index (χ4n) is 4.40. The molecule has 1 atom stereocenters. The van der Waals surface area contributed by atoms with E-state index < -0.39 is 0 Å². The van der Waals surface area contributed by atoms with Crippen molar-refractivity contribution in [3.05, 3.63) is 76.8 Å². The number of aromatic nitrogens is 2. The van der Waals surface area contributed by atoms with E-state index in [1.807, 2.05) is 12.1 Å². The first-order chi connectivity index (χ1) is 14.3. The molecule has 2 aromatic heterocycles. The second-order valence-electron chi connectivity index (χ2n) is 7.42. The molecule has 0 saturated carbocycles. The van der Waals surface area contributed by atoms with Crippen LogP contribution in [0.15, 0.2) is 60.1 Å². The maximum absolute atomic E-state index is 5.92. The molecule has 29 heavy (non-hydrogen) atoms. The fraction of sp³-hybridized carbons (Fsp3) is 0.250. The third-order valence-electron chi connectivity index (χ3n) is 5.86. The number of hydrogen-bond acceptors (Lipinski definition) is 5. The molecular weight excluding hydrogens is 378 g/mol. The lowest BCUT2D eigenvalue weighted by atomic mass is 9.83. The molecule has 2 aromatic carbocycles. The van der Waals surface area contributed by atoms with Crippen LogP contribution in [0.25, 0.3) is 21.3 Å². The monoisotopic (exact) mass is 401 g/mol. The number of fused-ring (bicyclic) bond motifs is 2. The van der Waals surface area contributed by atoms with E-state index in [1.54, 1.807) is 24.6 Å². The number of benzene rings is 2. The molecule has 0 bridgehead atoms. The van der Waals surface area contributed by atoms with Gasteiger partial charge in [0.2, 0.25) is 0 Å². The van der Waals surface area contributed by atoms with Gasteiger partial charge < -0.3 is 4.74 Å². The van der Waals surface area contributed by atoms with E-state index in [1.165, 1.54) is 26.8 Å². The van der Waals surface area contributed by atoms with Crippen LogP contribution in [-0.4, -0.2) is 35.3 Å². The zero-order chi connectivity index (χ0) is 19.8. The van der Waals surface area contributed by atoms with Crippen molar-refractivity contribution in [1.29, 1.82) is 0 Å². The summed E-state index contributed by atoms with van der Waals surface area (Å²) in [5.74, 6) is 1.30. The number of thiophene rings is 1. The van der Waals surface area contributed by atoms with Crippen LogP contribution in [0.5, 0.6) is 5.75 Å². The topological polar surface area (TPSA) is 38.2 Å². The van der Waals surface area contributed by atoms with E-state index in [2.05, 4.69) is 63.8 Å². The summed E-state index contributed by atoms with van der Waals surface area (Å²) in [4.78, 5) is 2.50. The number of methoxy groups -OCH3 is 1. The van der Waals surface area contributed by atoms with Gasteiger partial charge in [-0.05, 0) is 53.4 Å². The summed E-state index contributed by atoms with van der Waals surface area (Å²) in [5, 5.41) is 11.7. The Bertz CT molecular complexity index is 1160. The molecule has 1 aliphatic heterocycles. The molecule has 1 aliphatic rings. The Kier molecular flexibility index (Phi) is 4.78. The Morgan fingerprint density at radius 1 is 1.14 bits per heavy atom. The quantitative estimate of drug-likeness (QED) is 0.463. The summed E-state index contributed by atoms with van der Waals surface area (Å²) in [6, 6.07) is 17.3. The predicted molar refractivity (Wildman–Crippen MR) is 119 cm³/mol. The van der Waals surface area contributed by atoms with E-state index in [9.17, 15) is 0 Å². The minimum absolute atomic E-state index is 0.286. The van der Waals surface area contributed by atoms with Crippen LogP contribution in [0.3, 0.4) is 0 Å². The number of likely N-dealkylation sites (N-methyl/N-ethyl adjacent to an activating group) is 1. The lowest BCUT2D eigenvalue weighted by molar-refractivity contribution is 0.251. The zero-order valence-electron chi connectivity index (χ0n) is 16.6. The average Bonchev–Trinajstić information content (AvgIpc) is 3.26. The standard InChI is InChI=1S/C24H23N3OS/c1-3-27-14-17-13-16(22-5-4-11-25-26-22)6-7-18(17)21(15-27)19-8-9-23-20(10-12-29-23)24(19)28-2/h4-13,21H,3,14-15H2,1-2H3. The van der Waals surface area contributed by atoms with Crippen LogP contribution in [0.1, 0.15) is 29.5 Å². The van der Waals surface area contributed by atoms with Gasteiger partial charge in [-0.25, -0.2) is 0 Å². The lowest BCUT2D eigenvalue weighted by Crippen LogP contribution is -2.34. The molecule has 3 heterocycles. The highest BCUT2D eigenvalue weighted by molar-refractivity contribution is 7.17. The molecule has 0 aliphatic carbocycles. The van der Waals surface area contributed by atoms with E-state index >= 15 is 0 Å². The average molecular weight is 402 g/mol. The van der Waals surface area contributed by atoms with Crippen molar-refractivity contribution in [2.75, 3.05) is 20.2 Å². The molecule has 5 heteroatoms. The minimum Gasteiger partial charge on any atom is -0.496 e. The van der Waals surface area contributed by atoms with Crippen molar-refractivity contribution in [2.24, 2.45) is 0 Å². The Morgan fingerprint density at radius 3 is 2.83 bits per heavy atom. The van der Waals surface area contributed by atoms with Gasteiger partial charge in [-0.2, -0.15) is 10.2 Å². The second-order valence-corrected chi connectivity index (χ2v) is 8.37. The summed E-state index contributed by atoms with van der Waals surface area (Å²) in [6.45, 7) is 5.21. The molecule has 0 N–H and O–H groups in total. The van der Waals surface area contributed by atoms with Gasteiger partial charge in [0.05, 0.1) is 12.8 Å². The number of nitrogens with zero attached hydrogens (tertiary/aromatic N) is 3. The first kappa shape index (κ1) is 18.3. The summed E-state index contributed by atoms with van der Waals surface area (Å²) in [7, 11) is 1.79. The zero-order valence-corrected chi connectivity index (χ0v) is 17.4. The van der Waals surface area contributed by atoms with Gasteiger partial charge in [-0.3, -0.25) is 4.90 Å². The third kappa shape index (κ3) is 3.20. The Morgan fingerprint density at radius 2 is 2.03 bits per heavy atom. The number of rotatable bonds is 4. The summed E-state index contributed by atoms with van der Waals surface area (Å²) in [6.07, 6.45) is 1.71. The van der Waals surface area contributed by atoms with Crippen molar-refractivity contribution in [2.45, 2.75) is 19.4 Å². The predicted octanol–water partition coefficient (Wildman–Crippen LogP) is 5.33. The summed E-state index contributed by atoms with van der Waals surface area (Å²) < 4.78 is 7.19. The van der Waals surface area contributed by atoms with Crippen LogP contribution >= 0.6 is 11.3 Å². The summed E-state index contributed by atoms with van der Waals surface area (Å²) in [5.41, 5.74) is 6.05. The second kappa shape index (κ2) is 7.58. The molecule has 0 amide bonds. The SMILES string of the molecule is CCN1Cc2cc(-c3cccnn3)ccc2C(c2ccc3sccc3c2OC)C1. The fourth-order valence-corrected chi connectivity index (χ4v) is 5.19. The van der Waals surface area contributed by atoms with Crippen LogP contribution < -0.4 is 4.74 Å². The van der Waals surface area contributed by atoms with Gasteiger partial charge in [0.25, 0.3) is 0 Å². The van der Waals surface area contributed by atoms with Gasteiger partial charge in [0.1, 0.15) is 5.75 Å². The molecular formula is C24H23N3OS. The highest BCUT2D eigenvalue weighted by Gasteiger charge is 2.29. The van der Waals surface area contributed by atoms with E-state index in [0.29, 0.717) is 0 Å². The van der Waals surface area contributed by atoms with E-state index in [4.69, 9.17) is 4.74 Å². The molecule has 4 nitrogen and oxygen atoms in total. The Hall–Kier alpha value is -2.76. The van der Waals surface area contributed by atoms with E-state index in [-0.39, 0.29) is 5.92 Å². The van der Waals surface area contributed by atoms with Crippen LogP contribution in [0.4, 0.5) is 0 Å². The Labute approximate surface area is 174 Å². The van der Waals surface area contributed by atoms with Crippen molar-refractivity contribution < 1.29 is 4.74 Å². The maximum Gasteiger partial charge on any atom is 0.131 e. The third-order valence-corrected chi connectivity index (χ3v) is 6.75. The number of ether oxygens (including phenoxy) is 1. The van der Waals surface area contributed by atoms with Crippen LogP contribution in [-0.2, 0) is 6.54 Å². The highest BCUT2D eigenvalue weighted by atomic mass is 32.1. The molecule has 5 rings (SSSR count). The molecule has 4 aromatic rings. The molecule has 0 saturated heterocycles. The molecule has 0 fully saturated rings. The number of hydrogen-bond donors (Lipinski definition) is 0. The molecule has 1 unspecified atom stereocenters. The van der Waals surface area contributed by atoms with Gasteiger partial charge in [-0.1, -0.05) is 25.1 Å². The van der Waals surface area contributed by atoms with E-state index in [0.717, 1.165) is 36.6 Å². The van der Waals surface area contributed by atoms with Crippen molar-refractivity contribution >= 4 is 21.4 Å². The smallest absolute Gasteiger partial charge is 0.131 e. The van der Waals surface area contributed by atoms with Gasteiger partial charge >= 0.3 is 0 Å². The van der Waals surface area contributed by atoms with Crippen molar-refractivity contribution in [3.8, 4) is 17.0 Å². The van der Waals surface area contributed by atoms with Crippen molar-refractivity contribution in [3.63, 3.8) is 0 Å².